The molecule has 0 aliphatic rings. The molecule has 124 valence electrons. The van der Waals surface area contributed by atoms with Gasteiger partial charge in [0, 0.05) is 26.7 Å². The first-order chi connectivity index (χ1) is 11.3. The van der Waals surface area contributed by atoms with Crippen LogP contribution in [0.5, 0.6) is 0 Å². The molecule has 2 rings (SSSR count). The van der Waals surface area contributed by atoms with Crippen LogP contribution in [0.1, 0.15) is 20.7 Å². The van der Waals surface area contributed by atoms with Crippen LogP contribution in [0, 0.1) is 0 Å². The summed E-state index contributed by atoms with van der Waals surface area (Å²) in [6, 6.07) is 11.1. The van der Waals surface area contributed by atoms with E-state index in [4.69, 9.17) is 23.1 Å². The average molecular weight is 364 g/mol. The van der Waals surface area contributed by atoms with E-state index >= 15 is 0 Å². The van der Waals surface area contributed by atoms with Crippen LogP contribution < -0.4 is 16.8 Å². The maximum Gasteiger partial charge on any atom is 0.248 e. The van der Waals surface area contributed by atoms with Crippen LogP contribution in [0.25, 0.3) is 0 Å². The molecule has 0 unspecified atom stereocenters. The highest BCUT2D eigenvalue weighted by molar-refractivity contribution is 8.00. The molecule has 0 spiro atoms. The Morgan fingerprint density at radius 3 is 2.00 bits per heavy atom. The molecule has 6 nitrogen and oxygen atoms in total. The number of rotatable bonds is 6. The monoisotopic (exact) mass is 363 g/mol. The maximum absolute atomic E-state index is 12.0. The molecule has 24 heavy (non-hydrogen) atoms. The summed E-state index contributed by atoms with van der Waals surface area (Å²) in [6.45, 7) is 0. The Balaban J connectivity index is 2.06. The lowest BCUT2D eigenvalue weighted by Gasteiger charge is -2.08. The maximum atomic E-state index is 12.0. The summed E-state index contributed by atoms with van der Waals surface area (Å²) in [5.41, 5.74) is 10.9. The fraction of sp³-hybridized carbons (Fsp3) is 0.0625. The molecule has 2 aromatic carbocycles. The Kier molecular flexibility index (Phi) is 5.83. The van der Waals surface area contributed by atoms with Crippen LogP contribution in [0.3, 0.4) is 0 Å². The molecule has 0 bridgehead atoms. The lowest BCUT2D eigenvalue weighted by atomic mass is 10.1. The first kappa shape index (κ1) is 17.8. The van der Waals surface area contributed by atoms with Crippen molar-refractivity contribution in [3.8, 4) is 0 Å². The fourth-order valence-electron chi connectivity index (χ4n) is 1.86. The zero-order valence-corrected chi connectivity index (χ0v) is 14.0. The molecular weight excluding hydrogens is 350 g/mol. The number of hydrogen-bond donors (Lipinski definition) is 3. The zero-order valence-electron chi connectivity index (χ0n) is 12.4. The summed E-state index contributed by atoms with van der Waals surface area (Å²) < 4.78 is 0. The Labute approximate surface area is 147 Å². The minimum absolute atomic E-state index is 0.0898. The topological polar surface area (TPSA) is 115 Å². The normalized spacial score (nSPS) is 10.2. The molecule has 2 aromatic rings. The molecular formula is C16H14ClN3O3S. The van der Waals surface area contributed by atoms with Gasteiger partial charge in [0.25, 0.3) is 0 Å². The quantitative estimate of drug-likeness (QED) is 0.682. The molecule has 0 saturated heterocycles. The standard InChI is InChI=1S/C16H14ClN3O3S/c17-11-1-3-13(4-2-11)24-8-14(21)20-12-6-9(15(18)22)5-10(7-12)16(19)23/h1-7H,8H2,(H2,18,22)(H2,19,23)(H,20,21). The number of hydrogen-bond acceptors (Lipinski definition) is 4. The zero-order chi connectivity index (χ0) is 17.7. The largest absolute Gasteiger partial charge is 0.366 e. The Morgan fingerprint density at radius 2 is 1.50 bits per heavy atom. The Morgan fingerprint density at radius 1 is 0.958 bits per heavy atom. The highest BCUT2D eigenvalue weighted by Crippen LogP contribution is 2.21. The molecule has 0 aromatic heterocycles. The summed E-state index contributed by atoms with van der Waals surface area (Å²) in [5, 5.41) is 3.23. The molecule has 0 atom stereocenters. The minimum Gasteiger partial charge on any atom is -0.366 e. The van der Waals surface area contributed by atoms with Gasteiger partial charge in [0.05, 0.1) is 5.75 Å². The Bertz CT molecular complexity index is 761. The highest BCUT2D eigenvalue weighted by Gasteiger charge is 2.11. The number of thioether (sulfide) groups is 1. The third kappa shape index (κ3) is 5.00. The van der Waals surface area contributed by atoms with E-state index in [1.54, 1.807) is 24.3 Å². The van der Waals surface area contributed by atoms with E-state index in [-0.39, 0.29) is 28.5 Å². The molecule has 8 heteroatoms. The number of halogens is 1. The van der Waals surface area contributed by atoms with Gasteiger partial charge >= 0.3 is 0 Å². The fourth-order valence-corrected chi connectivity index (χ4v) is 2.69. The van der Waals surface area contributed by atoms with E-state index in [1.807, 2.05) is 0 Å². The smallest absolute Gasteiger partial charge is 0.248 e. The SMILES string of the molecule is NC(=O)c1cc(NC(=O)CSc2ccc(Cl)cc2)cc(C(N)=O)c1. The molecule has 0 fully saturated rings. The lowest BCUT2D eigenvalue weighted by Crippen LogP contribution is -2.18. The summed E-state index contributed by atoms with van der Waals surface area (Å²) in [7, 11) is 0. The van der Waals surface area contributed by atoms with Crippen molar-refractivity contribution in [1.29, 1.82) is 0 Å². The number of nitrogens with two attached hydrogens (primary N) is 2. The van der Waals surface area contributed by atoms with E-state index in [9.17, 15) is 14.4 Å². The van der Waals surface area contributed by atoms with E-state index in [1.165, 1.54) is 30.0 Å². The number of primary amides is 2. The van der Waals surface area contributed by atoms with Gasteiger partial charge in [-0.2, -0.15) is 0 Å². The van der Waals surface area contributed by atoms with Crippen LogP contribution in [-0.4, -0.2) is 23.5 Å². The second-order valence-electron chi connectivity index (χ2n) is 4.82. The van der Waals surface area contributed by atoms with Gasteiger partial charge in [-0.25, -0.2) is 0 Å². The van der Waals surface area contributed by atoms with Crippen LogP contribution in [0.15, 0.2) is 47.4 Å². The van der Waals surface area contributed by atoms with Crippen molar-refractivity contribution in [2.45, 2.75) is 4.90 Å². The molecule has 0 heterocycles. The number of benzene rings is 2. The predicted molar refractivity (Wildman–Crippen MR) is 94.3 cm³/mol. The van der Waals surface area contributed by atoms with Gasteiger partial charge in [-0.15, -0.1) is 11.8 Å². The van der Waals surface area contributed by atoms with Crippen LogP contribution >= 0.6 is 23.4 Å². The first-order valence-corrected chi connectivity index (χ1v) is 8.14. The number of anilines is 1. The Hall–Kier alpha value is -2.51. The van der Waals surface area contributed by atoms with Gasteiger partial charge in [-0.1, -0.05) is 11.6 Å². The van der Waals surface area contributed by atoms with Gasteiger partial charge in [0.1, 0.15) is 0 Å². The summed E-state index contributed by atoms with van der Waals surface area (Å²) >= 11 is 7.12. The van der Waals surface area contributed by atoms with Crippen molar-refractivity contribution in [3.63, 3.8) is 0 Å². The van der Waals surface area contributed by atoms with E-state index in [0.717, 1.165) is 4.90 Å². The van der Waals surface area contributed by atoms with Crippen molar-refractivity contribution in [3.05, 3.63) is 58.6 Å². The molecule has 0 radical (unpaired) electrons. The summed E-state index contributed by atoms with van der Waals surface area (Å²) in [5.74, 6) is -1.59. The molecule has 0 aliphatic carbocycles. The number of nitrogens with one attached hydrogen (secondary N) is 1. The molecule has 5 N–H and O–H groups in total. The summed E-state index contributed by atoms with van der Waals surface area (Å²) in [6.07, 6.45) is 0. The highest BCUT2D eigenvalue weighted by atomic mass is 35.5. The molecule has 0 aliphatic heterocycles. The van der Waals surface area contributed by atoms with Gasteiger partial charge in [0.2, 0.25) is 17.7 Å². The van der Waals surface area contributed by atoms with Crippen molar-refractivity contribution in [2.75, 3.05) is 11.1 Å². The third-order valence-corrected chi connectivity index (χ3v) is 4.23. The number of carbonyl (C=O) groups excluding carboxylic acids is 3. The first-order valence-electron chi connectivity index (χ1n) is 6.78. The van der Waals surface area contributed by atoms with Crippen LogP contribution in [0.4, 0.5) is 5.69 Å². The van der Waals surface area contributed by atoms with Gasteiger partial charge in [-0.3, -0.25) is 14.4 Å². The third-order valence-electron chi connectivity index (χ3n) is 2.97. The van der Waals surface area contributed by atoms with Gasteiger partial charge in [-0.05, 0) is 42.5 Å². The number of carbonyl (C=O) groups is 3. The van der Waals surface area contributed by atoms with Gasteiger partial charge in [0.15, 0.2) is 0 Å². The summed E-state index contributed by atoms with van der Waals surface area (Å²) in [4.78, 5) is 35.5. The second-order valence-corrected chi connectivity index (χ2v) is 6.30. The van der Waals surface area contributed by atoms with E-state index in [2.05, 4.69) is 5.32 Å². The van der Waals surface area contributed by atoms with Crippen molar-refractivity contribution >= 4 is 46.8 Å². The van der Waals surface area contributed by atoms with E-state index in [0.29, 0.717) is 5.02 Å². The lowest BCUT2D eigenvalue weighted by molar-refractivity contribution is -0.113. The molecule has 3 amide bonds. The minimum atomic E-state index is -0.718. The average Bonchev–Trinajstić information content (AvgIpc) is 2.54. The van der Waals surface area contributed by atoms with E-state index < -0.39 is 11.8 Å². The van der Waals surface area contributed by atoms with Gasteiger partial charge < -0.3 is 16.8 Å². The van der Waals surface area contributed by atoms with Crippen LogP contribution in [-0.2, 0) is 4.79 Å². The number of amides is 3. The second kappa shape index (κ2) is 7.85. The van der Waals surface area contributed by atoms with Crippen molar-refractivity contribution in [1.82, 2.24) is 0 Å². The van der Waals surface area contributed by atoms with Crippen molar-refractivity contribution in [2.24, 2.45) is 11.5 Å². The molecule has 0 saturated carbocycles. The predicted octanol–water partition coefficient (Wildman–Crippen LogP) is 2.27. The van der Waals surface area contributed by atoms with Crippen molar-refractivity contribution < 1.29 is 14.4 Å². The van der Waals surface area contributed by atoms with Crippen LogP contribution in [0.2, 0.25) is 5.02 Å².